The van der Waals surface area contributed by atoms with Crippen molar-refractivity contribution in [3.8, 4) is 0 Å². The zero-order chi connectivity index (χ0) is 12.8. The monoisotopic (exact) mass is 250 g/mol. The molecule has 3 heteroatoms. The number of hydrogen-bond donors (Lipinski definition) is 2. The van der Waals surface area contributed by atoms with Crippen LogP contribution in [0.3, 0.4) is 0 Å². The average Bonchev–Trinajstić information content (AvgIpc) is 3.01. The first-order chi connectivity index (χ1) is 8.75. The Morgan fingerprint density at radius 1 is 1.39 bits per heavy atom. The smallest absolute Gasteiger partial charge is 0.237 e. The molecule has 0 radical (unpaired) electrons. The van der Waals surface area contributed by atoms with Crippen LogP contribution in [0.4, 0.5) is 0 Å². The minimum absolute atomic E-state index is 0.0624. The van der Waals surface area contributed by atoms with Gasteiger partial charge in [-0.1, -0.05) is 24.5 Å². The maximum atomic E-state index is 11.9. The summed E-state index contributed by atoms with van der Waals surface area (Å²) in [6.07, 6.45) is 12.1. The predicted octanol–water partition coefficient (Wildman–Crippen LogP) is 2.52. The Bertz CT molecular complexity index is 306. The zero-order valence-corrected chi connectivity index (χ0v) is 11.5. The summed E-state index contributed by atoms with van der Waals surface area (Å²) in [7, 11) is 0. The number of amides is 1. The van der Waals surface area contributed by atoms with Crippen molar-refractivity contribution in [1.29, 1.82) is 0 Å². The summed E-state index contributed by atoms with van der Waals surface area (Å²) in [4.78, 5) is 11.9. The lowest BCUT2D eigenvalue weighted by atomic mass is 10.1. The number of rotatable bonds is 6. The van der Waals surface area contributed by atoms with Crippen molar-refractivity contribution in [2.45, 2.75) is 70.4 Å². The highest BCUT2D eigenvalue weighted by Crippen LogP contribution is 2.20. The van der Waals surface area contributed by atoms with Crippen molar-refractivity contribution in [3.63, 3.8) is 0 Å². The quantitative estimate of drug-likeness (QED) is 0.711. The summed E-state index contributed by atoms with van der Waals surface area (Å²) in [6, 6.07) is 0.367. The van der Waals surface area contributed by atoms with Gasteiger partial charge in [-0.25, -0.2) is 0 Å². The van der Waals surface area contributed by atoms with Crippen molar-refractivity contribution in [2.24, 2.45) is 0 Å². The Kier molecular flexibility index (Phi) is 5.24. The van der Waals surface area contributed by atoms with Gasteiger partial charge in [0.2, 0.25) is 5.91 Å². The number of hydrogen-bond acceptors (Lipinski definition) is 2. The summed E-state index contributed by atoms with van der Waals surface area (Å²) in [5.41, 5.74) is 1.56. The first-order valence-electron chi connectivity index (χ1n) is 7.47. The van der Waals surface area contributed by atoms with E-state index < -0.39 is 0 Å². The Hall–Kier alpha value is -0.830. The number of nitrogens with one attached hydrogen (secondary N) is 2. The fourth-order valence-corrected chi connectivity index (χ4v) is 2.90. The van der Waals surface area contributed by atoms with E-state index in [1.165, 1.54) is 32.1 Å². The van der Waals surface area contributed by atoms with Gasteiger partial charge in [-0.15, -0.1) is 0 Å². The molecule has 1 saturated carbocycles. The highest BCUT2D eigenvalue weighted by Gasteiger charge is 2.20. The standard InChI is InChI=1S/C15H26N2O/c1-12(15(18)17-14-8-4-5-9-14)16-11-10-13-6-2-3-7-13/h6,12,14,16H,2-5,7-11H2,1H3,(H,17,18). The molecule has 0 saturated heterocycles. The van der Waals surface area contributed by atoms with E-state index in [2.05, 4.69) is 16.7 Å². The molecule has 0 aliphatic heterocycles. The van der Waals surface area contributed by atoms with E-state index in [4.69, 9.17) is 0 Å². The van der Waals surface area contributed by atoms with Gasteiger partial charge in [0.1, 0.15) is 0 Å². The van der Waals surface area contributed by atoms with E-state index in [-0.39, 0.29) is 11.9 Å². The molecule has 3 nitrogen and oxygen atoms in total. The second-order valence-electron chi connectivity index (χ2n) is 5.67. The summed E-state index contributed by atoms with van der Waals surface area (Å²) >= 11 is 0. The second-order valence-corrected chi connectivity index (χ2v) is 5.67. The van der Waals surface area contributed by atoms with Gasteiger partial charge in [-0.3, -0.25) is 4.79 Å². The number of carbonyl (C=O) groups is 1. The normalized spacial score (nSPS) is 21.9. The molecule has 1 amide bonds. The van der Waals surface area contributed by atoms with Crippen molar-refractivity contribution >= 4 is 5.91 Å². The molecule has 0 aromatic rings. The third-order valence-corrected chi connectivity index (χ3v) is 4.13. The minimum atomic E-state index is -0.0624. The summed E-state index contributed by atoms with van der Waals surface area (Å²) in [5, 5.41) is 6.47. The molecule has 2 N–H and O–H groups in total. The molecule has 0 aromatic carbocycles. The molecule has 0 bridgehead atoms. The fourth-order valence-electron chi connectivity index (χ4n) is 2.90. The fraction of sp³-hybridized carbons (Fsp3) is 0.800. The second kappa shape index (κ2) is 6.93. The third-order valence-electron chi connectivity index (χ3n) is 4.13. The largest absolute Gasteiger partial charge is 0.352 e. The van der Waals surface area contributed by atoms with Crippen molar-refractivity contribution < 1.29 is 4.79 Å². The summed E-state index contributed by atoms with van der Waals surface area (Å²) in [6.45, 7) is 2.89. The molecule has 102 valence electrons. The van der Waals surface area contributed by atoms with Crippen LogP contribution >= 0.6 is 0 Å². The van der Waals surface area contributed by atoms with Crippen molar-refractivity contribution in [3.05, 3.63) is 11.6 Å². The van der Waals surface area contributed by atoms with E-state index in [0.717, 1.165) is 25.8 Å². The van der Waals surface area contributed by atoms with Gasteiger partial charge in [0, 0.05) is 6.04 Å². The van der Waals surface area contributed by atoms with Crippen LogP contribution in [0.15, 0.2) is 11.6 Å². The minimum Gasteiger partial charge on any atom is -0.352 e. The maximum absolute atomic E-state index is 11.9. The van der Waals surface area contributed by atoms with Crippen LogP contribution < -0.4 is 10.6 Å². The Morgan fingerprint density at radius 3 is 2.83 bits per heavy atom. The van der Waals surface area contributed by atoms with Crippen molar-refractivity contribution in [1.82, 2.24) is 10.6 Å². The predicted molar refractivity (Wildman–Crippen MR) is 74.4 cm³/mol. The molecular weight excluding hydrogens is 224 g/mol. The van der Waals surface area contributed by atoms with Crippen LogP contribution in [0.1, 0.15) is 58.3 Å². The zero-order valence-electron chi connectivity index (χ0n) is 11.5. The Balaban J connectivity index is 1.60. The van der Waals surface area contributed by atoms with Gasteiger partial charge in [-0.05, 0) is 52.0 Å². The highest BCUT2D eigenvalue weighted by atomic mass is 16.2. The average molecular weight is 250 g/mol. The molecule has 2 aliphatic rings. The first kappa shape index (κ1) is 13.6. The number of carbonyl (C=O) groups excluding carboxylic acids is 1. The van der Waals surface area contributed by atoms with Crippen LogP contribution in [0, 0.1) is 0 Å². The molecule has 0 spiro atoms. The molecule has 1 unspecified atom stereocenters. The summed E-state index contributed by atoms with van der Waals surface area (Å²) in [5.74, 6) is 0.169. The maximum Gasteiger partial charge on any atom is 0.237 e. The molecule has 0 aromatic heterocycles. The van der Waals surface area contributed by atoms with Gasteiger partial charge in [-0.2, -0.15) is 0 Å². The van der Waals surface area contributed by atoms with Crippen LogP contribution in [-0.2, 0) is 4.79 Å². The highest BCUT2D eigenvalue weighted by molar-refractivity contribution is 5.81. The van der Waals surface area contributed by atoms with Crippen LogP contribution in [0.2, 0.25) is 0 Å². The third kappa shape index (κ3) is 4.13. The molecule has 0 heterocycles. The van der Waals surface area contributed by atoms with Crippen LogP contribution in [0.5, 0.6) is 0 Å². The van der Waals surface area contributed by atoms with Crippen LogP contribution in [-0.4, -0.2) is 24.5 Å². The Labute approximate surface area is 110 Å². The molecule has 18 heavy (non-hydrogen) atoms. The first-order valence-corrected chi connectivity index (χ1v) is 7.47. The molecule has 2 aliphatic carbocycles. The lowest BCUT2D eigenvalue weighted by Crippen LogP contribution is -2.45. The summed E-state index contributed by atoms with van der Waals surface area (Å²) < 4.78 is 0. The van der Waals surface area contributed by atoms with E-state index in [1.54, 1.807) is 5.57 Å². The van der Waals surface area contributed by atoms with E-state index in [0.29, 0.717) is 6.04 Å². The van der Waals surface area contributed by atoms with E-state index in [9.17, 15) is 4.79 Å². The van der Waals surface area contributed by atoms with E-state index >= 15 is 0 Å². The molecule has 1 atom stereocenters. The lowest BCUT2D eigenvalue weighted by Gasteiger charge is -2.17. The van der Waals surface area contributed by atoms with Gasteiger partial charge in [0.25, 0.3) is 0 Å². The van der Waals surface area contributed by atoms with Gasteiger partial charge >= 0.3 is 0 Å². The van der Waals surface area contributed by atoms with Gasteiger partial charge in [0.15, 0.2) is 0 Å². The SMILES string of the molecule is CC(NCCC1=CCCC1)C(=O)NC1CCCC1. The molecule has 1 fully saturated rings. The van der Waals surface area contributed by atoms with Gasteiger partial charge < -0.3 is 10.6 Å². The lowest BCUT2D eigenvalue weighted by molar-refractivity contribution is -0.123. The molecule has 2 rings (SSSR count). The van der Waals surface area contributed by atoms with E-state index in [1.807, 2.05) is 6.92 Å². The van der Waals surface area contributed by atoms with Crippen LogP contribution in [0.25, 0.3) is 0 Å². The Morgan fingerprint density at radius 2 is 2.17 bits per heavy atom. The van der Waals surface area contributed by atoms with Gasteiger partial charge in [0.05, 0.1) is 6.04 Å². The molecular formula is C15H26N2O. The van der Waals surface area contributed by atoms with Crippen molar-refractivity contribution in [2.75, 3.05) is 6.54 Å². The number of allylic oxidation sites excluding steroid dienone is 1. The topological polar surface area (TPSA) is 41.1 Å².